The second-order valence-electron chi connectivity index (χ2n) is 7.00. The number of nitrogens with one attached hydrogen (secondary N) is 2. The molecule has 0 radical (unpaired) electrons. The molecule has 0 atom stereocenters. The van der Waals surface area contributed by atoms with E-state index in [0.29, 0.717) is 24.5 Å². The minimum absolute atomic E-state index is 0.190. The number of benzene rings is 2. The summed E-state index contributed by atoms with van der Waals surface area (Å²) < 4.78 is 0. The van der Waals surface area contributed by atoms with Crippen LogP contribution in [0.15, 0.2) is 72.8 Å². The highest BCUT2D eigenvalue weighted by Gasteiger charge is 2.09. The molecule has 4 rings (SSSR count). The molecule has 2 aromatic carbocycles. The summed E-state index contributed by atoms with van der Waals surface area (Å²) in [5.41, 5.74) is 2.42. The lowest BCUT2D eigenvalue weighted by Gasteiger charge is -2.07. The van der Waals surface area contributed by atoms with Gasteiger partial charge in [-0.1, -0.05) is 48.5 Å². The van der Waals surface area contributed by atoms with Gasteiger partial charge in [0.1, 0.15) is 11.4 Å². The fourth-order valence-electron chi connectivity index (χ4n) is 3.22. The first-order chi connectivity index (χ1) is 14.7. The van der Waals surface area contributed by atoms with Crippen LogP contribution in [-0.2, 0) is 0 Å². The summed E-state index contributed by atoms with van der Waals surface area (Å²) >= 11 is 0. The number of hydrogen-bond acceptors (Lipinski definition) is 4. The van der Waals surface area contributed by atoms with Gasteiger partial charge in [-0.05, 0) is 37.1 Å². The van der Waals surface area contributed by atoms with Crippen molar-refractivity contribution in [3.63, 3.8) is 0 Å². The summed E-state index contributed by atoms with van der Waals surface area (Å²) in [5.74, 6) is -0.379. The normalized spacial score (nSPS) is 10.8. The van der Waals surface area contributed by atoms with Gasteiger partial charge in [-0.2, -0.15) is 0 Å². The molecule has 0 fully saturated rings. The van der Waals surface area contributed by atoms with Crippen LogP contribution in [0, 0.1) is 0 Å². The standard InChI is InChI=1S/C24H22N4O2/c29-23(21-13-11-17-7-1-3-9-19(17)27-21)25-15-5-6-16-26-24(30)22-14-12-18-8-2-4-10-20(18)28-22/h1-4,7-14H,5-6,15-16H2,(H,25,29)(H,26,30). The van der Waals surface area contributed by atoms with Crippen molar-refractivity contribution in [1.29, 1.82) is 0 Å². The van der Waals surface area contributed by atoms with Gasteiger partial charge in [-0.15, -0.1) is 0 Å². The van der Waals surface area contributed by atoms with Crippen molar-refractivity contribution in [2.24, 2.45) is 0 Å². The first-order valence-corrected chi connectivity index (χ1v) is 9.99. The number of aromatic nitrogens is 2. The van der Waals surface area contributed by atoms with E-state index in [2.05, 4.69) is 20.6 Å². The molecule has 0 aliphatic heterocycles. The van der Waals surface area contributed by atoms with Crippen LogP contribution in [0.3, 0.4) is 0 Å². The molecule has 30 heavy (non-hydrogen) atoms. The molecule has 2 heterocycles. The first-order valence-electron chi connectivity index (χ1n) is 9.99. The Hall–Kier alpha value is -3.80. The maximum Gasteiger partial charge on any atom is 0.269 e. The SMILES string of the molecule is O=C(NCCCCNC(=O)c1ccc2ccccc2n1)c1ccc2ccccc2n1. The van der Waals surface area contributed by atoms with Crippen LogP contribution in [-0.4, -0.2) is 34.9 Å². The van der Waals surface area contributed by atoms with Crippen molar-refractivity contribution >= 4 is 33.6 Å². The minimum Gasteiger partial charge on any atom is -0.351 e. The quantitative estimate of drug-likeness (QED) is 0.465. The smallest absolute Gasteiger partial charge is 0.269 e. The van der Waals surface area contributed by atoms with Gasteiger partial charge in [0, 0.05) is 23.9 Å². The second kappa shape index (κ2) is 9.13. The topological polar surface area (TPSA) is 84.0 Å². The molecular formula is C24H22N4O2. The van der Waals surface area contributed by atoms with Crippen molar-refractivity contribution in [3.8, 4) is 0 Å². The largest absolute Gasteiger partial charge is 0.351 e. The zero-order valence-electron chi connectivity index (χ0n) is 16.5. The Labute approximate surface area is 174 Å². The molecule has 6 nitrogen and oxygen atoms in total. The Balaban J connectivity index is 1.20. The summed E-state index contributed by atoms with van der Waals surface area (Å²) in [6, 6.07) is 22.6. The van der Waals surface area contributed by atoms with E-state index in [1.807, 2.05) is 60.7 Å². The van der Waals surface area contributed by atoms with E-state index in [1.165, 1.54) is 0 Å². The molecule has 6 heteroatoms. The van der Waals surface area contributed by atoms with Gasteiger partial charge in [0.05, 0.1) is 11.0 Å². The van der Waals surface area contributed by atoms with Crippen molar-refractivity contribution in [1.82, 2.24) is 20.6 Å². The van der Waals surface area contributed by atoms with Crippen LogP contribution in [0.25, 0.3) is 21.8 Å². The van der Waals surface area contributed by atoms with Gasteiger partial charge < -0.3 is 10.6 Å². The molecule has 0 saturated carbocycles. The van der Waals surface area contributed by atoms with E-state index < -0.39 is 0 Å². The number of unbranched alkanes of at least 4 members (excludes halogenated alkanes) is 1. The Bertz CT molecular complexity index is 1110. The third-order valence-electron chi connectivity index (χ3n) is 4.84. The van der Waals surface area contributed by atoms with Gasteiger partial charge >= 0.3 is 0 Å². The molecule has 2 N–H and O–H groups in total. The van der Waals surface area contributed by atoms with Crippen molar-refractivity contribution < 1.29 is 9.59 Å². The van der Waals surface area contributed by atoms with Crippen LogP contribution in [0.2, 0.25) is 0 Å². The number of fused-ring (bicyclic) bond motifs is 2. The Kier molecular flexibility index (Phi) is 5.94. The molecular weight excluding hydrogens is 376 g/mol. The number of hydrogen-bond donors (Lipinski definition) is 2. The van der Waals surface area contributed by atoms with Gasteiger partial charge in [0.25, 0.3) is 11.8 Å². The highest BCUT2D eigenvalue weighted by Crippen LogP contribution is 2.12. The molecule has 150 valence electrons. The fraction of sp³-hybridized carbons (Fsp3) is 0.167. The minimum atomic E-state index is -0.190. The predicted molar refractivity (Wildman–Crippen MR) is 117 cm³/mol. The van der Waals surface area contributed by atoms with Crippen LogP contribution in [0.5, 0.6) is 0 Å². The lowest BCUT2D eigenvalue weighted by atomic mass is 10.2. The Morgan fingerprint density at radius 3 is 1.50 bits per heavy atom. The number of rotatable bonds is 7. The van der Waals surface area contributed by atoms with Gasteiger partial charge in [0.15, 0.2) is 0 Å². The summed E-state index contributed by atoms with van der Waals surface area (Å²) in [7, 11) is 0. The molecule has 0 spiro atoms. The van der Waals surface area contributed by atoms with Crippen LogP contribution in [0.1, 0.15) is 33.8 Å². The average Bonchev–Trinajstić information content (AvgIpc) is 2.80. The maximum absolute atomic E-state index is 12.3. The van der Waals surface area contributed by atoms with Gasteiger partial charge in [-0.25, -0.2) is 9.97 Å². The highest BCUT2D eigenvalue weighted by atomic mass is 16.2. The molecule has 0 unspecified atom stereocenters. The lowest BCUT2D eigenvalue weighted by molar-refractivity contribution is 0.0935. The number of amides is 2. The van der Waals surface area contributed by atoms with E-state index in [4.69, 9.17) is 0 Å². The molecule has 2 amide bonds. The Morgan fingerprint density at radius 2 is 1.03 bits per heavy atom. The molecule has 0 aliphatic rings. The van der Waals surface area contributed by atoms with Crippen molar-refractivity contribution in [3.05, 3.63) is 84.2 Å². The number of pyridine rings is 2. The maximum atomic E-state index is 12.3. The molecule has 0 saturated heterocycles. The van der Waals surface area contributed by atoms with Gasteiger partial charge in [-0.3, -0.25) is 9.59 Å². The van der Waals surface area contributed by atoms with Crippen LogP contribution >= 0.6 is 0 Å². The summed E-state index contributed by atoms with van der Waals surface area (Å²) in [6.45, 7) is 1.05. The summed E-state index contributed by atoms with van der Waals surface area (Å²) in [6.07, 6.45) is 1.51. The molecule has 0 aliphatic carbocycles. The van der Waals surface area contributed by atoms with E-state index in [0.717, 1.165) is 34.6 Å². The monoisotopic (exact) mass is 398 g/mol. The van der Waals surface area contributed by atoms with Crippen molar-refractivity contribution in [2.45, 2.75) is 12.8 Å². The number of nitrogens with zero attached hydrogens (tertiary/aromatic N) is 2. The van der Waals surface area contributed by atoms with E-state index >= 15 is 0 Å². The number of carbonyl (C=O) groups excluding carboxylic acids is 2. The summed E-state index contributed by atoms with van der Waals surface area (Å²) in [5, 5.41) is 7.76. The zero-order chi connectivity index (χ0) is 20.8. The summed E-state index contributed by atoms with van der Waals surface area (Å²) in [4.78, 5) is 33.3. The van der Waals surface area contributed by atoms with E-state index in [9.17, 15) is 9.59 Å². The fourth-order valence-corrected chi connectivity index (χ4v) is 3.22. The average molecular weight is 398 g/mol. The number of para-hydroxylation sites is 2. The molecule has 2 aromatic heterocycles. The van der Waals surface area contributed by atoms with E-state index in [-0.39, 0.29) is 11.8 Å². The van der Waals surface area contributed by atoms with Crippen molar-refractivity contribution in [2.75, 3.05) is 13.1 Å². The van der Waals surface area contributed by atoms with E-state index in [1.54, 1.807) is 12.1 Å². The first kappa shape index (κ1) is 19.5. The predicted octanol–water partition coefficient (Wildman–Crippen LogP) is 3.72. The van der Waals surface area contributed by atoms with Gasteiger partial charge in [0.2, 0.25) is 0 Å². The second-order valence-corrected chi connectivity index (χ2v) is 7.00. The van der Waals surface area contributed by atoms with Crippen LogP contribution in [0.4, 0.5) is 0 Å². The van der Waals surface area contributed by atoms with Crippen LogP contribution < -0.4 is 10.6 Å². The molecule has 4 aromatic rings. The molecule has 0 bridgehead atoms. The highest BCUT2D eigenvalue weighted by molar-refractivity contribution is 5.95. The zero-order valence-corrected chi connectivity index (χ0v) is 16.5. The third kappa shape index (κ3) is 4.60. The Morgan fingerprint density at radius 1 is 0.600 bits per heavy atom. The third-order valence-corrected chi connectivity index (χ3v) is 4.84. The number of carbonyl (C=O) groups is 2. The lowest BCUT2D eigenvalue weighted by Crippen LogP contribution is -2.28.